The Kier molecular flexibility index (Phi) is 4.68. The Labute approximate surface area is 68.6 Å². The van der Waals surface area contributed by atoms with E-state index in [1.807, 2.05) is 6.92 Å². The summed E-state index contributed by atoms with van der Waals surface area (Å²) in [7, 11) is -3.75. The average Bonchev–Trinajstić information content (AvgIpc) is 1.85. The molecule has 0 aromatic rings. The Hall–Kier alpha value is -0.0900. The van der Waals surface area contributed by atoms with E-state index in [0.29, 0.717) is 12.3 Å². The molecule has 67 valence electrons. The van der Waals surface area contributed by atoms with Crippen molar-refractivity contribution in [3.05, 3.63) is 6.92 Å². The highest BCUT2D eigenvalue weighted by molar-refractivity contribution is 7.85. The number of hydrogen-bond donors (Lipinski definition) is 1. The Morgan fingerprint density at radius 2 is 2.09 bits per heavy atom. The van der Waals surface area contributed by atoms with Crippen LogP contribution in [0.5, 0.6) is 0 Å². The maximum Gasteiger partial charge on any atom is 0.264 e. The van der Waals surface area contributed by atoms with Crippen LogP contribution in [0.15, 0.2) is 0 Å². The topological polar surface area (TPSA) is 54.4 Å². The molecular weight excluding hydrogens is 164 g/mol. The lowest BCUT2D eigenvalue weighted by Crippen LogP contribution is -2.05. The molecule has 0 rings (SSSR count). The fourth-order valence-electron chi connectivity index (χ4n) is 0.759. The standard InChI is InChI=1S/C7H15O3S/c1-3-7(2)5-4-6-11(8,9)10/h7H,1,3-6H2,2H3,(H,8,9,10). The van der Waals surface area contributed by atoms with Gasteiger partial charge in [0.25, 0.3) is 10.1 Å². The predicted octanol–water partition coefficient (Wildman–Crippen LogP) is 1.51. The van der Waals surface area contributed by atoms with Crippen molar-refractivity contribution in [2.24, 2.45) is 5.92 Å². The molecule has 0 aromatic heterocycles. The van der Waals surface area contributed by atoms with Crippen molar-refractivity contribution in [2.75, 3.05) is 5.75 Å². The van der Waals surface area contributed by atoms with E-state index in [9.17, 15) is 8.42 Å². The van der Waals surface area contributed by atoms with Crippen molar-refractivity contribution < 1.29 is 13.0 Å². The second-order valence-corrected chi connectivity index (χ2v) is 4.39. The molecule has 1 N–H and O–H groups in total. The molecule has 0 saturated heterocycles. The summed E-state index contributed by atoms with van der Waals surface area (Å²) in [5, 5.41) is 0. The van der Waals surface area contributed by atoms with Crippen LogP contribution in [-0.2, 0) is 10.1 Å². The monoisotopic (exact) mass is 179 g/mol. The van der Waals surface area contributed by atoms with Gasteiger partial charge in [-0.25, -0.2) is 0 Å². The quantitative estimate of drug-likeness (QED) is 0.651. The Morgan fingerprint density at radius 3 is 2.45 bits per heavy atom. The van der Waals surface area contributed by atoms with Gasteiger partial charge in [-0.15, -0.1) is 0 Å². The summed E-state index contributed by atoms with van der Waals surface area (Å²) in [5.41, 5.74) is 0. The van der Waals surface area contributed by atoms with Crippen molar-refractivity contribution in [3.63, 3.8) is 0 Å². The molecule has 0 heterocycles. The van der Waals surface area contributed by atoms with Crippen LogP contribution in [0, 0.1) is 12.8 Å². The first kappa shape index (κ1) is 10.9. The van der Waals surface area contributed by atoms with Crippen LogP contribution < -0.4 is 0 Å². The van der Waals surface area contributed by atoms with Gasteiger partial charge in [0.1, 0.15) is 0 Å². The summed E-state index contributed by atoms with van der Waals surface area (Å²) in [4.78, 5) is 0. The molecule has 0 aliphatic rings. The maximum absolute atomic E-state index is 10.2. The number of rotatable bonds is 5. The maximum atomic E-state index is 10.2. The van der Waals surface area contributed by atoms with Crippen molar-refractivity contribution in [2.45, 2.75) is 26.2 Å². The SMILES string of the molecule is [CH2]CC(C)CCCS(=O)(=O)O. The van der Waals surface area contributed by atoms with Crippen molar-refractivity contribution in [1.82, 2.24) is 0 Å². The molecule has 1 radical (unpaired) electrons. The van der Waals surface area contributed by atoms with E-state index in [1.54, 1.807) is 0 Å². The lowest BCUT2D eigenvalue weighted by Gasteiger charge is -2.05. The molecule has 0 amide bonds. The minimum absolute atomic E-state index is 0.128. The zero-order chi connectivity index (χ0) is 8.91. The first-order chi connectivity index (χ1) is 4.95. The average molecular weight is 179 g/mol. The third-order valence-corrected chi connectivity index (χ3v) is 2.40. The fraction of sp³-hybridized carbons (Fsp3) is 0.857. The van der Waals surface area contributed by atoms with Crippen molar-refractivity contribution in [3.8, 4) is 0 Å². The minimum atomic E-state index is -3.75. The molecule has 1 atom stereocenters. The van der Waals surface area contributed by atoms with Crippen molar-refractivity contribution in [1.29, 1.82) is 0 Å². The van der Waals surface area contributed by atoms with E-state index in [-0.39, 0.29) is 5.75 Å². The lowest BCUT2D eigenvalue weighted by molar-refractivity contribution is 0.471. The summed E-state index contributed by atoms with van der Waals surface area (Å²) in [5.74, 6) is 0.314. The molecule has 0 bridgehead atoms. The van der Waals surface area contributed by atoms with Crippen LogP contribution >= 0.6 is 0 Å². The predicted molar refractivity (Wildman–Crippen MR) is 44.8 cm³/mol. The van der Waals surface area contributed by atoms with E-state index in [1.165, 1.54) is 0 Å². The van der Waals surface area contributed by atoms with Crippen LogP contribution in [0.25, 0.3) is 0 Å². The highest BCUT2D eigenvalue weighted by Gasteiger charge is 2.05. The van der Waals surface area contributed by atoms with Gasteiger partial charge in [0.2, 0.25) is 0 Å². The van der Waals surface area contributed by atoms with Gasteiger partial charge in [-0.2, -0.15) is 8.42 Å². The highest BCUT2D eigenvalue weighted by Crippen LogP contribution is 2.09. The minimum Gasteiger partial charge on any atom is -0.286 e. The Balaban J connectivity index is 3.43. The van der Waals surface area contributed by atoms with Gasteiger partial charge >= 0.3 is 0 Å². The summed E-state index contributed by atoms with van der Waals surface area (Å²) < 4.78 is 28.8. The van der Waals surface area contributed by atoms with E-state index in [0.717, 1.165) is 12.8 Å². The summed E-state index contributed by atoms with van der Waals surface area (Å²) in [6, 6.07) is 0. The van der Waals surface area contributed by atoms with E-state index in [4.69, 9.17) is 4.55 Å². The molecule has 0 spiro atoms. The summed E-state index contributed by atoms with van der Waals surface area (Å²) in [6.45, 7) is 5.70. The lowest BCUT2D eigenvalue weighted by atomic mass is 10.0. The normalized spacial score (nSPS) is 14.8. The molecule has 1 unspecified atom stereocenters. The summed E-state index contributed by atoms with van der Waals surface area (Å²) in [6.07, 6.45) is 2.14. The molecule has 0 aliphatic carbocycles. The smallest absolute Gasteiger partial charge is 0.264 e. The van der Waals surface area contributed by atoms with Crippen LogP contribution in [-0.4, -0.2) is 18.7 Å². The summed E-state index contributed by atoms with van der Waals surface area (Å²) >= 11 is 0. The molecule has 11 heavy (non-hydrogen) atoms. The van der Waals surface area contributed by atoms with Gasteiger partial charge in [0.15, 0.2) is 0 Å². The second kappa shape index (κ2) is 4.72. The Morgan fingerprint density at radius 1 is 1.55 bits per heavy atom. The van der Waals surface area contributed by atoms with Gasteiger partial charge in [0.05, 0.1) is 5.75 Å². The molecule has 0 fully saturated rings. The molecule has 4 heteroatoms. The van der Waals surface area contributed by atoms with Gasteiger partial charge < -0.3 is 0 Å². The zero-order valence-electron chi connectivity index (χ0n) is 6.78. The molecule has 3 nitrogen and oxygen atoms in total. The van der Waals surface area contributed by atoms with Gasteiger partial charge in [-0.05, 0) is 18.8 Å². The number of hydrogen-bond acceptors (Lipinski definition) is 2. The van der Waals surface area contributed by atoms with Gasteiger partial charge in [0, 0.05) is 0 Å². The molecule has 0 saturated carbocycles. The molecule has 0 aromatic carbocycles. The van der Waals surface area contributed by atoms with E-state index < -0.39 is 10.1 Å². The second-order valence-electron chi connectivity index (χ2n) is 2.82. The fourth-order valence-corrected chi connectivity index (χ4v) is 1.29. The van der Waals surface area contributed by atoms with Gasteiger partial charge in [-0.1, -0.05) is 20.3 Å². The first-order valence-corrected chi connectivity index (χ1v) is 5.31. The Bertz CT molecular complexity index is 184. The highest BCUT2D eigenvalue weighted by atomic mass is 32.2. The van der Waals surface area contributed by atoms with Crippen LogP contribution in [0.1, 0.15) is 26.2 Å². The third-order valence-electron chi connectivity index (χ3n) is 1.59. The molecule has 0 aliphatic heterocycles. The first-order valence-electron chi connectivity index (χ1n) is 3.70. The van der Waals surface area contributed by atoms with Crippen molar-refractivity contribution >= 4 is 10.1 Å². The van der Waals surface area contributed by atoms with Crippen LogP contribution in [0.4, 0.5) is 0 Å². The van der Waals surface area contributed by atoms with Gasteiger partial charge in [-0.3, -0.25) is 4.55 Å². The van der Waals surface area contributed by atoms with Crippen LogP contribution in [0.2, 0.25) is 0 Å². The van der Waals surface area contributed by atoms with Crippen LogP contribution in [0.3, 0.4) is 0 Å². The largest absolute Gasteiger partial charge is 0.286 e. The molecular formula is C7H15O3S. The third kappa shape index (κ3) is 7.81. The van der Waals surface area contributed by atoms with E-state index >= 15 is 0 Å². The zero-order valence-corrected chi connectivity index (χ0v) is 7.60. The van der Waals surface area contributed by atoms with E-state index in [2.05, 4.69) is 6.92 Å².